The van der Waals surface area contributed by atoms with E-state index >= 15 is 0 Å². The van der Waals surface area contributed by atoms with Gasteiger partial charge in [-0.1, -0.05) is 382 Å². The van der Waals surface area contributed by atoms with Crippen LogP contribution in [0.2, 0.25) is 0 Å². The van der Waals surface area contributed by atoms with Crippen molar-refractivity contribution in [2.45, 2.75) is 245 Å². The SMILES string of the molecule is CC(C)(C)OC(=O)C12CC3(c4ccccc4)CC(c4ccccc4)(C1)CC(c1ccccc1)(C2)C3.CN(C)C(=O)C12CC3(c4ccccc4)CC(c4ccccc4)(C1)CC(c1ccccc1)(C2)C3.N#CC12CC3(c4ccccc4)CC(c4ccccc4)(C1)CC(c1ccccc1)(C2)C3.O=C(Oc1ccccc1)C12CC3(c4ccccc4)CC(c4ccccc4)(C1)CC(c1ccccc1)(C2)C3. The lowest BCUT2D eigenvalue weighted by Crippen LogP contribution is -2.68. The van der Waals surface area contributed by atoms with Gasteiger partial charge in [-0.15, -0.1) is 0 Å². The average molecular weight is 1770 g/mol. The topological polar surface area (TPSA) is 96.7 Å². The fourth-order valence-corrected chi connectivity index (χ4v) is 34.1. The number of carbonyl (C=O) groups is 3. The number of nitriles is 1. The lowest BCUT2D eigenvalue weighted by atomic mass is 9.32. The van der Waals surface area contributed by atoms with Crippen molar-refractivity contribution in [3.05, 3.63) is 461 Å². The summed E-state index contributed by atoms with van der Waals surface area (Å²) in [7, 11) is 3.89. The highest BCUT2D eigenvalue weighted by molar-refractivity contribution is 5.85. The molecule has 16 aliphatic rings. The molecule has 7 nitrogen and oxygen atoms in total. The highest BCUT2D eigenvalue weighted by Crippen LogP contribution is 2.80. The van der Waals surface area contributed by atoms with Gasteiger partial charge in [0.1, 0.15) is 11.4 Å². The van der Waals surface area contributed by atoms with Crippen molar-refractivity contribution >= 4 is 17.8 Å². The predicted octanol–water partition coefficient (Wildman–Crippen LogP) is 28.2. The van der Waals surface area contributed by atoms with Crippen LogP contribution in [0.25, 0.3) is 0 Å². The molecule has 0 N–H and O–H groups in total. The Kier molecular flexibility index (Phi) is 21.4. The molecule has 135 heavy (non-hydrogen) atoms. The molecular formula is C128H128N2O5. The van der Waals surface area contributed by atoms with Gasteiger partial charge in [-0.25, -0.2) is 0 Å². The van der Waals surface area contributed by atoms with E-state index in [-0.39, 0.29) is 87.7 Å². The maximum absolute atomic E-state index is 14.4. The number of hydrogen-bond donors (Lipinski definition) is 0. The van der Waals surface area contributed by atoms with Crippen molar-refractivity contribution in [3.63, 3.8) is 0 Å². The summed E-state index contributed by atoms with van der Waals surface area (Å²) in [6.45, 7) is 5.99. The zero-order valence-corrected chi connectivity index (χ0v) is 79.4. The fraction of sp³-hybridized carbons (Fsp3) is 0.359. The zero-order valence-electron chi connectivity index (χ0n) is 79.4. The Morgan fingerprint density at radius 3 is 0.548 bits per heavy atom. The lowest BCUT2D eigenvalue weighted by Gasteiger charge is -2.71. The molecule has 0 saturated heterocycles. The van der Waals surface area contributed by atoms with Crippen molar-refractivity contribution in [2.75, 3.05) is 14.1 Å². The van der Waals surface area contributed by atoms with Gasteiger partial charge in [0.2, 0.25) is 5.91 Å². The van der Waals surface area contributed by atoms with Crippen LogP contribution in [0.4, 0.5) is 0 Å². The van der Waals surface area contributed by atoms with E-state index in [2.05, 4.69) is 370 Å². The summed E-state index contributed by atoms with van der Waals surface area (Å²) < 4.78 is 12.4. The molecule has 0 atom stereocenters. The molecule has 13 aromatic rings. The van der Waals surface area contributed by atoms with Crippen molar-refractivity contribution in [1.82, 2.24) is 4.90 Å². The van der Waals surface area contributed by atoms with Gasteiger partial charge < -0.3 is 14.4 Å². The second-order valence-electron chi connectivity index (χ2n) is 46.6. The Bertz CT molecular complexity index is 5940. The minimum atomic E-state index is -0.549. The maximum atomic E-state index is 14.4. The van der Waals surface area contributed by atoms with Crippen molar-refractivity contribution in [2.24, 2.45) is 21.7 Å². The number of nitrogens with zero attached hydrogens (tertiary/aromatic N) is 2. The molecule has 0 aromatic heterocycles. The van der Waals surface area contributed by atoms with Crippen LogP contribution in [0, 0.1) is 33.0 Å². The maximum Gasteiger partial charge on any atom is 0.317 e. The van der Waals surface area contributed by atoms with E-state index in [1.807, 2.05) is 70.1 Å². The van der Waals surface area contributed by atoms with Crippen LogP contribution in [0.15, 0.2) is 394 Å². The van der Waals surface area contributed by atoms with E-state index in [4.69, 9.17) is 9.47 Å². The minimum Gasteiger partial charge on any atom is -0.460 e. The third kappa shape index (κ3) is 15.0. The summed E-state index contributed by atoms with van der Waals surface area (Å²) in [5, 5.41) is 10.6. The number of esters is 2. The Balaban J connectivity index is 0.000000105. The summed E-state index contributed by atoms with van der Waals surface area (Å²) in [5.74, 6) is 0.908. The zero-order chi connectivity index (χ0) is 92.4. The van der Waals surface area contributed by atoms with Gasteiger partial charge in [-0.2, -0.15) is 5.26 Å². The molecular weight excluding hydrogens is 1650 g/mol. The number of para-hydroxylation sites is 1. The average Bonchev–Trinajstić information content (AvgIpc) is 0.681. The monoisotopic (exact) mass is 1770 g/mol. The van der Waals surface area contributed by atoms with Gasteiger partial charge in [0.25, 0.3) is 0 Å². The van der Waals surface area contributed by atoms with Gasteiger partial charge in [-0.05, 0) is 319 Å². The molecule has 0 aliphatic heterocycles. The summed E-state index contributed by atoms with van der Waals surface area (Å²) in [5.41, 5.74) is 14.5. The Morgan fingerprint density at radius 2 is 0.385 bits per heavy atom. The smallest absolute Gasteiger partial charge is 0.317 e. The van der Waals surface area contributed by atoms with E-state index in [0.29, 0.717) is 11.7 Å². The number of amides is 1. The third-order valence-corrected chi connectivity index (χ3v) is 36.2. The molecule has 16 bridgehead atoms. The molecule has 16 saturated carbocycles. The van der Waals surface area contributed by atoms with Crippen LogP contribution in [0.1, 0.15) is 242 Å². The molecule has 13 aromatic carbocycles. The van der Waals surface area contributed by atoms with Crippen LogP contribution >= 0.6 is 0 Å². The molecule has 16 aliphatic carbocycles. The van der Waals surface area contributed by atoms with Gasteiger partial charge in [0.05, 0.1) is 27.7 Å². The quantitative estimate of drug-likeness (QED) is 0.0706. The van der Waals surface area contributed by atoms with Gasteiger partial charge in [-0.3, -0.25) is 14.4 Å². The highest BCUT2D eigenvalue weighted by Gasteiger charge is 2.76. The van der Waals surface area contributed by atoms with Crippen molar-refractivity contribution < 1.29 is 23.9 Å². The Hall–Kier alpha value is -12.2. The molecule has 16 fully saturated rings. The normalized spacial score (nSPS) is 33.8. The van der Waals surface area contributed by atoms with E-state index in [9.17, 15) is 19.6 Å². The first-order chi connectivity index (χ1) is 65.3. The molecule has 0 heterocycles. The summed E-state index contributed by atoms with van der Waals surface area (Å²) in [6.07, 6.45) is 24.4. The van der Waals surface area contributed by atoms with Crippen molar-refractivity contribution in [1.29, 1.82) is 5.26 Å². The Morgan fingerprint density at radius 1 is 0.230 bits per heavy atom. The largest absolute Gasteiger partial charge is 0.460 e. The molecule has 0 unspecified atom stereocenters. The van der Waals surface area contributed by atoms with Crippen LogP contribution in [-0.4, -0.2) is 42.4 Å². The van der Waals surface area contributed by atoms with Gasteiger partial charge in [0, 0.05) is 14.1 Å². The molecule has 680 valence electrons. The van der Waals surface area contributed by atoms with Crippen LogP contribution in [0.5, 0.6) is 5.75 Å². The first kappa shape index (κ1) is 88.1. The first-order valence-corrected chi connectivity index (χ1v) is 50.1. The summed E-state index contributed by atoms with van der Waals surface area (Å²) in [6, 6.07) is 145. The highest BCUT2D eigenvalue weighted by atomic mass is 16.6. The van der Waals surface area contributed by atoms with Gasteiger partial charge >= 0.3 is 11.9 Å². The molecule has 7 heteroatoms. The number of carbonyl (C=O) groups excluding carboxylic acids is 3. The van der Waals surface area contributed by atoms with E-state index in [1.54, 1.807) is 0 Å². The van der Waals surface area contributed by atoms with E-state index in [1.165, 1.54) is 66.8 Å². The first-order valence-electron chi connectivity index (χ1n) is 50.1. The molecule has 0 radical (unpaired) electrons. The minimum absolute atomic E-state index is 0.00465. The van der Waals surface area contributed by atoms with Crippen LogP contribution < -0.4 is 4.74 Å². The standard InChI is InChI=1S/C35H32O2.C33H36O2.C31H33NO.C29H27N/c36-31(37-30-19-11-4-12-20-30)35-24-32(27-13-5-1-6-14-27)21-33(25-35,28-15-7-2-8-16-28)23-34(22-32,26-35)29-17-9-3-10-18-29;1-29(2,3)35-28(34)33-22-30(25-13-7-4-8-14-25)19-31(23-33,26-15-9-5-10-16-26)21-32(20-30,24-33)27-17-11-6-12-18-27;1-32(2)27(33)31-21-28(24-12-6-3-7-13-24)18-29(22-31,25-14-8-4-9-15-25)20-30(19-28,23-31)26-16-10-5-11-17-26;30-22-26-16-27(23-10-4-1-5-11-23)19-28(17-26,24-12-6-2-7-13-24)21-29(18-26,20-27)25-14-8-3-9-15-25/h1-20H,21-26H2;4-18H,19-24H2,1-3H3;3-17H,18-23H2,1-2H3;1-15H,16-21H2. The second kappa shape index (κ2) is 32.8. The third-order valence-electron chi connectivity index (χ3n) is 36.2. The number of hydrogen-bond acceptors (Lipinski definition) is 6. The molecule has 1 amide bonds. The van der Waals surface area contributed by atoms with E-state index in [0.717, 1.165) is 154 Å². The second-order valence-corrected chi connectivity index (χ2v) is 46.6. The lowest BCUT2D eigenvalue weighted by molar-refractivity contribution is -0.191. The van der Waals surface area contributed by atoms with Gasteiger partial charge in [0.15, 0.2) is 0 Å². The predicted molar refractivity (Wildman–Crippen MR) is 540 cm³/mol. The number of rotatable bonds is 16. The summed E-state index contributed by atoms with van der Waals surface area (Å²) >= 11 is 0. The Labute approximate surface area is 800 Å². The fourth-order valence-electron chi connectivity index (χ4n) is 34.1. The van der Waals surface area contributed by atoms with Crippen LogP contribution in [-0.2, 0) is 84.1 Å². The number of ether oxygens (including phenoxy) is 2. The van der Waals surface area contributed by atoms with Crippen LogP contribution in [0.3, 0.4) is 0 Å². The summed E-state index contributed by atoms with van der Waals surface area (Å²) in [4.78, 5) is 44.5. The molecule has 0 spiro atoms. The molecule has 29 rings (SSSR count). The van der Waals surface area contributed by atoms with E-state index < -0.39 is 16.4 Å². The number of benzene rings is 13. The van der Waals surface area contributed by atoms with Crippen molar-refractivity contribution in [3.8, 4) is 11.8 Å².